The van der Waals surface area contributed by atoms with Gasteiger partial charge in [-0.25, -0.2) is 4.90 Å². The van der Waals surface area contributed by atoms with Gasteiger partial charge in [0, 0.05) is 17.1 Å². The first-order valence-corrected chi connectivity index (χ1v) is 10.8. The molecule has 0 saturated carbocycles. The van der Waals surface area contributed by atoms with Gasteiger partial charge in [0.1, 0.15) is 11.6 Å². The number of amides is 1. The molecule has 1 amide bonds. The molecule has 9 heteroatoms. The van der Waals surface area contributed by atoms with Crippen molar-refractivity contribution in [3.8, 4) is 11.4 Å². The van der Waals surface area contributed by atoms with Crippen LogP contribution in [0.2, 0.25) is 0 Å². The average molecular weight is 426 g/mol. The Morgan fingerprint density at radius 1 is 1.24 bits per heavy atom. The van der Waals surface area contributed by atoms with Gasteiger partial charge < -0.3 is 9.30 Å². The number of benzene rings is 1. The summed E-state index contributed by atoms with van der Waals surface area (Å²) in [7, 11) is 1.64. The molecular formula is C20H19N5O2S2. The fourth-order valence-corrected chi connectivity index (χ4v) is 4.80. The number of fused-ring (bicyclic) bond motifs is 1. The summed E-state index contributed by atoms with van der Waals surface area (Å²) in [4.78, 5) is 18.3. The summed E-state index contributed by atoms with van der Waals surface area (Å²) >= 11 is 2.55. The fraction of sp³-hybridized carbons (Fsp3) is 0.200. The maximum Gasteiger partial charge on any atom is 0.283 e. The summed E-state index contributed by atoms with van der Waals surface area (Å²) in [5.74, 6) is 0.483. The van der Waals surface area contributed by atoms with E-state index in [9.17, 15) is 4.79 Å². The minimum atomic E-state index is -0.416. The van der Waals surface area contributed by atoms with Gasteiger partial charge in [0.25, 0.3) is 5.91 Å². The van der Waals surface area contributed by atoms with Gasteiger partial charge in [-0.3, -0.25) is 10.2 Å². The fourth-order valence-electron chi connectivity index (χ4n) is 3.35. The Balaban J connectivity index is 1.74. The van der Waals surface area contributed by atoms with Crippen LogP contribution in [0.1, 0.15) is 17.0 Å². The number of hydrogen-bond donors (Lipinski definition) is 1. The first-order chi connectivity index (χ1) is 13.9. The Kier molecular flexibility index (Phi) is 5.10. The monoisotopic (exact) mass is 425 g/mol. The molecule has 0 atom stereocenters. The number of aliphatic imine (C=N–C) groups is 1. The maximum atomic E-state index is 12.6. The first-order valence-electron chi connectivity index (χ1n) is 8.80. The Morgan fingerprint density at radius 2 is 1.97 bits per heavy atom. The quantitative estimate of drug-likeness (QED) is 0.593. The van der Waals surface area contributed by atoms with Crippen molar-refractivity contribution >= 4 is 51.9 Å². The van der Waals surface area contributed by atoms with E-state index < -0.39 is 5.91 Å². The zero-order chi connectivity index (χ0) is 20.7. The smallest absolute Gasteiger partial charge is 0.283 e. The van der Waals surface area contributed by atoms with Crippen LogP contribution in [0.3, 0.4) is 0 Å². The Morgan fingerprint density at radius 3 is 2.62 bits per heavy atom. The summed E-state index contributed by atoms with van der Waals surface area (Å²) in [5, 5.41) is 9.64. The Labute approximate surface area is 177 Å². The third kappa shape index (κ3) is 3.30. The highest BCUT2D eigenvalue weighted by molar-refractivity contribution is 8.18. The number of nitrogens with one attached hydrogen (secondary N) is 1. The SMILES string of the molecule is COc1ccc(-n2c(C)cc(/C=C3/C(=N)N4C(SC)=NSC4=NC3=O)c2C)cc1. The number of aromatic nitrogens is 1. The molecule has 148 valence electrons. The van der Waals surface area contributed by atoms with Gasteiger partial charge in [-0.15, -0.1) is 0 Å². The van der Waals surface area contributed by atoms with Crippen LogP contribution in [0.5, 0.6) is 5.75 Å². The zero-order valence-electron chi connectivity index (χ0n) is 16.4. The highest BCUT2D eigenvalue weighted by Crippen LogP contribution is 2.32. The van der Waals surface area contributed by atoms with Crippen LogP contribution in [-0.2, 0) is 4.79 Å². The number of nitrogens with zero attached hydrogens (tertiary/aromatic N) is 4. The van der Waals surface area contributed by atoms with Crippen LogP contribution < -0.4 is 4.74 Å². The minimum Gasteiger partial charge on any atom is -0.497 e. The number of carbonyl (C=O) groups excluding carboxylic acids is 1. The topological polar surface area (TPSA) is 83.0 Å². The molecular weight excluding hydrogens is 406 g/mol. The molecule has 0 fully saturated rings. The lowest BCUT2D eigenvalue weighted by Crippen LogP contribution is -2.41. The summed E-state index contributed by atoms with van der Waals surface area (Å²) in [6.07, 6.45) is 3.63. The standard InChI is InChI=1S/C20H19N5O2S2/c1-11-9-13(12(2)24(11)14-5-7-15(27-3)8-6-14)10-16-17(21)25-19(22-18(16)26)29-23-20(25)28-4/h5-10,21H,1-4H3/b16-10-,21-17?. The molecule has 2 aromatic rings. The highest BCUT2D eigenvalue weighted by Gasteiger charge is 2.37. The molecule has 29 heavy (non-hydrogen) atoms. The largest absolute Gasteiger partial charge is 0.497 e. The number of amidine groups is 3. The predicted molar refractivity (Wildman–Crippen MR) is 120 cm³/mol. The zero-order valence-corrected chi connectivity index (χ0v) is 18.0. The van der Waals surface area contributed by atoms with Crippen molar-refractivity contribution in [2.75, 3.05) is 13.4 Å². The minimum absolute atomic E-state index is 0.104. The molecule has 1 aromatic heterocycles. The molecule has 0 aliphatic carbocycles. The molecule has 0 radical (unpaired) electrons. The maximum absolute atomic E-state index is 12.6. The van der Waals surface area contributed by atoms with E-state index in [2.05, 4.69) is 14.0 Å². The van der Waals surface area contributed by atoms with E-state index in [4.69, 9.17) is 10.1 Å². The lowest BCUT2D eigenvalue weighted by Gasteiger charge is -2.23. The Bertz CT molecular complexity index is 1110. The predicted octanol–water partition coefficient (Wildman–Crippen LogP) is 4.04. The molecule has 2 aliphatic rings. The van der Waals surface area contributed by atoms with Crippen LogP contribution in [0.4, 0.5) is 0 Å². The molecule has 3 heterocycles. The van der Waals surface area contributed by atoms with Gasteiger partial charge in [0.15, 0.2) is 5.17 Å². The number of hydrogen-bond acceptors (Lipinski definition) is 6. The van der Waals surface area contributed by atoms with E-state index in [-0.39, 0.29) is 11.4 Å². The molecule has 0 bridgehead atoms. The average Bonchev–Trinajstić information content (AvgIpc) is 3.25. The number of ether oxygens (including phenoxy) is 1. The summed E-state index contributed by atoms with van der Waals surface area (Å²) < 4.78 is 11.6. The van der Waals surface area contributed by atoms with Crippen molar-refractivity contribution in [1.29, 1.82) is 5.41 Å². The second kappa shape index (κ2) is 7.57. The molecule has 0 spiro atoms. The highest BCUT2D eigenvalue weighted by atomic mass is 32.2. The number of aryl methyl sites for hydroxylation is 1. The van der Waals surface area contributed by atoms with E-state index >= 15 is 0 Å². The lowest BCUT2D eigenvalue weighted by atomic mass is 10.1. The number of carbonyl (C=O) groups is 1. The van der Waals surface area contributed by atoms with Crippen molar-refractivity contribution in [2.24, 2.45) is 9.39 Å². The molecule has 0 unspecified atom stereocenters. The van der Waals surface area contributed by atoms with Crippen LogP contribution >= 0.6 is 23.7 Å². The van der Waals surface area contributed by atoms with E-state index in [1.807, 2.05) is 50.4 Å². The first kappa shape index (κ1) is 19.5. The van der Waals surface area contributed by atoms with Gasteiger partial charge >= 0.3 is 0 Å². The van der Waals surface area contributed by atoms with E-state index in [1.54, 1.807) is 18.1 Å². The van der Waals surface area contributed by atoms with Crippen molar-refractivity contribution < 1.29 is 9.53 Å². The Hall–Kier alpha value is -2.78. The van der Waals surface area contributed by atoms with Gasteiger partial charge in [0.2, 0.25) is 5.17 Å². The van der Waals surface area contributed by atoms with Crippen molar-refractivity contribution in [3.63, 3.8) is 0 Å². The molecule has 2 aliphatic heterocycles. The summed E-state index contributed by atoms with van der Waals surface area (Å²) in [5.41, 5.74) is 4.14. The lowest BCUT2D eigenvalue weighted by molar-refractivity contribution is -0.114. The van der Waals surface area contributed by atoms with Gasteiger partial charge in [-0.1, -0.05) is 11.8 Å². The number of thioether (sulfide) groups is 1. The van der Waals surface area contributed by atoms with Crippen LogP contribution in [0.15, 0.2) is 45.3 Å². The van der Waals surface area contributed by atoms with Crippen LogP contribution in [0.25, 0.3) is 11.8 Å². The third-order valence-corrected chi connectivity index (χ3v) is 6.23. The number of rotatable bonds is 3. The van der Waals surface area contributed by atoms with Gasteiger partial charge in [-0.05, 0) is 62.1 Å². The second-order valence-corrected chi connectivity index (χ2v) is 7.97. The normalized spacial score (nSPS) is 17.5. The molecule has 0 saturated heterocycles. The van der Waals surface area contributed by atoms with Crippen LogP contribution in [0, 0.1) is 19.3 Å². The summed E-state index contributed by atoms with van der Waals surface area (Å²) in [6.45, 7) is 4.01. The second-order valence-electron chi connectivity index (χ2n) is 6.47. The molecule has 1 N–H and O–H groups in total. The van der Waals surface area contributed by atoms with Crippen LogP contribution in [-0.4, -0.2) is 44.9 Å². The van der Waals surface area contributed by atoms with Crippen molar-refractivity contribution in [2.45, 2.75) is 13.8 Å². The van der Waals surface area contributed by atoms with E-state index in [0.717, 1.165) is 40.3 Å². The third-order valence-electron chi connectivity index (χ3n) is 4.78. The van der Waals surface area contributed by atoms with E-state index in [1.165, 1.54) is 11.8 Å². The van der Waals surface area contributed by atoms with Crippen molar-refractivity contribution in [3.05, 3.63) is 52.9 Å². The van der Waals surface area contributed by atoms with Gasteiger partial charge in [0.05, 0.1) is 24.6 Å². The van der Waals surface area contributed by atoms with E-state index in [0.29, 0.717) is 10.3 Å². The number of methoxy groups -OCH3 is 1. The molecule has 7 nitrogen and oxygen atoms in total. The van der Waals surface area contributed by atoms with Crippen molar-refractivity contribution in [1.82, 2.24) is 9.47 Å². The summed E-state index contributed by atoms with van der Waals surface area (Å²) in [6, 6.07) is 9.81. The van der Waals surface area contributed by atoms with Gasteiger partial charge in [-0.2, -0.15) is 9.39 Å². The molecule has 4 rings (SSSR count). The molecule has 1 aromatic carbocycles.